The van der Waals surface area contributed by atoms with Crippen LogP contribution in [0.1, 0.15) is 18.2 Å². The van der Waals surface area contributed by atoms with Gasteiger partial charge in [0.1, 0.15) is 17.4 Å². The van der Waals surface area contributed by atoms with Gasteiger partial charge in [0.05, 0.1) is 26.5 Å². The number of nitrogens with zero attached hydrogens (tertiary/aromatic N) is 1. The van der Waals surface area contributed by atoms with Crippen LogP contribution in [0.25, 0.3) is 6.08 Å². The fraction of sp³-hybridized carbons (Fsp3) is 0.222. The summed E-state index contributed by atoms with van der Waals surface area (Å²) in [6.07, 6.45) is 3.00. The number of nitrogens with one attached hydrogen (secondary N) is 1. The predicted octanol–water partition coefficient (Wildman–Crippen LogP) is 2.91. The summed E-state index contributed by atoms with van der Waals surface area (Å²) >= 11 is 0. The van der Waals surface area contributed by atoms with Gasteiger partial charge in [0.25, 0.3) is 5.91 Å². The number of rotatable bonds is 7. The highest BCUT2D eigenvalue weighted by Crippen LogP contribution is 2.32. The summed E-state index contributed by atoms with van der Waals surface area (Å²) in [5.74, 6) is 1.16. The highest BCUT2D eigenvalue weighted by Gasteiger charge is 2.13. The van der Waals surface area contributed by atoms with Gasteiger partial charge in [0, 0.05) is 5.56 Å². The van der Waals surface area contributed by atoms with Gasteiger partial charge in [0.15, 0.2) is 11.5 Å². The van der Waals surface area contributed by atoms with Gasteiger partial charge in [-0.1, -0.05) is 12.1 Å². The molecule has 6 heteroatoms. The standard InChI is InChI=1S/C18H18N2O4/c1-3-23-17-13(6-4-8-16(17)22-2)10-14(11-19)18(21)20-12-15-7-5-9-24-15/h4-10H,3,12H2,1-2H3,(H,20,21)/b14-10-. The molecule has 0 radical (unpaired) electrons. The lowest BCUT2D eigenvalue weighted by Gasteiger charge is -2.12. The minimum Gasteiger partial charge on any atom is -0.493 e. The summed E-state index contributed by atoms with van der Waals surface area (Å²) in [4.78, 5) is 12.2. The summed E-state index contributed by atoms with van der Waals surface area (Å²) in [5.41, 5.74) is 0.566. The molecule has 1 aromatic carbocycles. The maximum Gasteiger partial charge on any atom is 0.262 e. The first-order valence-electron chi connectivity index (χ1n) is 7.41. The molecular weight excluding hydrogens is 308 g/mol. The number of furan rings is 1. The van der Waals surface area contributed by atoms with E-state index in [-0.39, 0.29) is 12.1 Å². The molecule has 1 amide bonds. The van der Waals surface area contributed by atoms with Gasteiger partial charge in [-0.2, -0.15) is 5.26 Å². The summed E-state index contributed by atoms with van der Waals surface area (Å²) < 4.78 is 16.0. The fourth-order valence-electron chi connectivity index (χ4n) is 2.09. The van der Waals surface area contributed by atoms with Crippen molar-refractivity contribution in [2.75, 3.05) is 13.7 Å². The first kappa shape index (κ1) is 17.2. The van der Waals surface area contributed by atoms with E-state index in [1.54, 1.807) is 30.3 Å². The average molecular weight is 326 g/mol. The number of hydrogen-bond acceptors (Lipinski definition) is 5. The molecule has 2 aromatic rings. The van der Waals surface area contributed by atoms with E-state index in [0.29, 0.717) is 29.4 Å². The monoisotopic (exact) mass is 326 g/mol. The maximum absolute atomic E-state index is 12.2. The lowest BCUT2D eigenvalue weighted by molar-refractivity contribution is -0.117. The van der Waals surface area contributed by atoms with E-state index in [4.69, 9.17) is 13.9 Å². The maximum atomic E-state index is 12.2. The summed E-state index contributed by atoms with van der Waals surface area (Å²) in [6, 6.07) is 10.7. The Labute approximate surface area is 140 Å². The molecule has 1 heterocycles. The molecular formula is C18H18N2O4. The number of carbonyl (C=O) groups is 1. The van der Waals surface area contributed by atoms with Crippen molar-refractivity contribution >= 4 is 12.0 Å². The van der Waals surface area contributed by atoms with E-state index in [2.05, 4.69) is 5.32 Å². The van der Waals surface area contributed by atoms with E-state index in [1.165, 1.54) is 19.4 Å². The third-order valence-electron chi connectivity index (χ3n) is 3.19. The first-order valence-corrected chi connectivity index (χ1v) is 7.41. The van der Waals surface area contributed by atoms with Crippen molar-refractivity contribution in [2.24, 2.45) is 0 Å². The van der Waals surface area contributed by atoms with Crippen LogP contribution in [0.2, 0.25) is 0 Å². The van der Waals surface area contributed by atoms with Gasteiger partial charge in [-0.15, -0.1) is 0 Å². The molecule has 0 saturated heterocycles. The van der Waals surface area contributed by atoms with Crippen molar-refractivity contribution in [1.82, 2.24) is 5.32 Å². The van der Waals surface area contributed by atoms with Crippen molar-refractivity contribution in [3.63, 3.8) is 0 Å². The molecule has 0 fully saturated rings. The van der Waals surface area contributed by atoms with Crippen LogP contribution in [0, 0.1) is 11.3 Å². The third-order valence-corrected chi connectivity index (χ3v) is 3.19. The van der Waals surface area contributed by atoms with Crippen LogP contribution < -0.4 is 14.8 Å². The van der Waals surface area contributed by atoms with Crippen LogP contribution in [0.4, 0.5) is 0 Å². The van der Waals surface area contributed by atoms with E-state index in [1.807, 2.05) is 13.0 Å². The van der Waals surface area contributed by atoms with Crippen LogP contribution in [-0.2, 0) is 11.3 Å². The van der Waals surface area contributed by atoms with Crippen molar-refractivity contribution < 1.29 is 18.7 Å². The predicted molar refractivity (Wildman–Crippen MR) is 88.3 cm³/mol. The second kappa shape index (κ2) is 8.44. The zero-order chi connectivity index (χ0) is 17.4. The fourth-order valence-corrected chi connectivity index (χ4v) is 2.09. The van der Waals surface area contributed by atoms with Gasteiger partial charge < -0.3 is 19.2 Å². The van der Waals surface area contributed by atoms with Crippen molar-refractivity contribution in [3.05, 3.63) is 53.5 Å². The first-order chi connectivity index (χ1) is 11.7. The number of nitriles is 1. The number of ether oxygens (including phenoxy) is 2. The van der Waals surface area contributed by atoms with Crippen LogP contribution in [0.5, 0.6) is 11.5 Å². The van der Waals surface area contributed by atoms with E-state index < -0.39 is 5.91 Å². The summed E-state index contributed by atoms with van der Waals surface area (Å²) in [7, 11) is 1.53. The van der Waals surface area contributed by atoms with E-state index >= 15 is 0 Å². The second-order valence-electron chi connectivity index (χ2n) is 4.74. The highest BCUT2D eigenvalue weighted by molar-refractivity contribution is 6.02. The second-order valence-corrected chi connectivity index (χ2v) is 4.74. The number of para-hydroxylation sites is 1. The summed E-state index contributed by atoms with van der Waals surface area (Å²) in [5, 5.41) is 11.9. The molecule has 0 unspecified atom stereocenters. The minimum absolute atomic E-state index is 0.0317. The van der Waals surface area contributed by atoms with Gasteiger partial charge in [-0.25, -0.2) is 0 Å². The van der Waals surface area contributed by atoms with Crippen molar-refractivity contribution in [2.45, 2.75) is 13.5 Å². The molecule has 0 saturated carbocycles. The molecule has 124 valence electrons. The Morgan fingerprint density at radius 1 is 1.38 bits per heavy atom. The SMILES string of the molecule is CCOc1c(/C=C(/C#N)C(=O)NCc2ccco2)cccc1OC. The van der Waals surface area contributed by atoms with Crippen LogP contribution in [0.3, 0.4) is 0 Å². The zero-order valence-corrected chi connectivity index (χ0v) is 13.5. The topological polar surface area (TPSA) is 84.5 Å². The Morgan fingerprint density at radius 3 is 2.83 bits per heavy atom. The molecule has 0 aliphatic rings. The average Bonchev–Trinajstić information content (AvgIpc) is 3.12. The van der Waals surface area contributed by atoms with Crippen molar-refractivity contribution in [1.29, 1.82) is 5.26 Å². The smallest absolute Gasteiger partial charge is 0.262 e. The molecule has 0 aliphatic heterocycles. The molecule has 0 bridgehead atoms. The Bertz CT molecular complexity index is 758. The number of methoxy groups -OCH3 is 1. The quantitative estimate of drug-likeness (QED) is 0.624. The molecule has 0 spiro atoms. The Kier molecular flexibility index (Phi) is 6.03. The third kappa shape index (κ3) is 4.17. The molecule has 6 nitrogen and oxygen atoms in total. The largest absolute Gasteiger partial charge is 0.493 e. The van der Waals surface area contributed by atoms with Gasteiger partial charge in [-0.05, 0) is 31.2 Å². The van der Waals surface area contributed by atoms with Crippen LogP contribution in [-0.4, -0.2) is 19.6 Å². The molecule has 0 atom stereocenters. The molecule has 1 N–H and O–H groups in total. The Hall–Kier alpha value is -3.20. The molecule has 0 aliphatic carbocycles. The minimum atomic E-state index is -0.487. The van der Waals surface area contributed by atoms with Crippen molar-refractivity contribution in [3.8, 4) is 17.6 Å². The van der Waals surface area contributed by atoms with E-state index in [9.17, 15) is 10.1 Å². The Morgan fingerprint density at radius 2 is 2.21 bits per heavy atom. The highest BCUT2D eigenvalue weighted by atomic mass is 16.5. The molecule has 1 aromatic heterocycles. The Balaban J connectivity index is 2.23. The van der Waals surface area contributed by atoms with Crippen LogP contribution >= 0.6 is 0 Å². The van der Waals surface area contributed by atoms with Crippen LogP contribution in [0.15, 0.2) is 46.6 Å². The number of benzene rings is 1. The normalized spacial score (nSPS) is 10.8. The summed E-state index contributed by atoms with van der Waals surface area (Å²) in [6.45, 7) is 2.50. The number of carbonyl (C=O) groups excluding carboxylic acids is 1. The van der Waals surface area contributed by atoms with Gasteiger partial charge >= 0.3 is 0 Å². The number of amides is 1. The molecule has 24 heavy (non-hydrogen) atoms. The zero-order valence-electron chi connectivity index (χ0n) is 13.5. The van der Waals surface area contributed by atoms with Gasteiger partial charge in [-0.3, -0.25) is 4.79 Å². The number of hydrogen-bond donors (Lipinski definition) is 1. The lowest BCUT2D eigenvalue weighted by atomic mass is 10.1. The molecule has 2 rings (SSSR count). The lowest BCUT2D eigenvalue weighted by Crippen LogP contribution is -2.23. The van der Waals surface area contributed by atoms with E-state index in [0.717, 1.165) is 0 Å². The van der Waals surface area contributed by atoms with Gasteiger partial charge in [0.2, 0.25) is 0 Å².